The topological polar surface area (TPSA) is 82.3 Å². The van der Waals surface area contributed by atoms with Crippen LogP contribution in [0, 0.1) is 24.2 Å². The lowest BCUT2D eigenvalue weighted by Gasteiger charge is -2.50. The van der Waals surface area contributed by atoms with Crippen molar-refractivity contribution in [3.8, 4) is 11.5 Å². The number of nitrogens with zero attached hydrogens (tertiary/aromatic N) is 1. The van der Waals surface area contributed by atoms with Gasteiger partial charge in [0.15, 0.2) is 0 Å². The van der Waals surface area contributed by atoms with Crippen LogP contribution in [0.25, 0.3) is 0 Å². The van der Waals surface area contributed by atoms with Gasteiger partial charge in [-0.05, 0) is 62.8 Å². The second-order valence-corrected chi connectivity index (χ2v) is 9.71. The second kappa shape index (κ2) is 9.66. The third kappa shape index (κ3) is 4.93. The fraction of sp³-hybridized carbons (Fsp3) is 0.560. The van der Waals surface area contributed by atoms with Crippen molar-refractivity contribution < 1.29 is 20.2 Å². The van der Waals surface area contributed by atoms with E-state index in [1.54, 1.807) is 6.92 Å². The highest BCUT2D eigenvalue weighted by atomic mass is 35.5. The zero-order valence-corrected chi connectivity index (χ0v) is 20.4. The van der Waals surface area contributed by atoms with Crippen molar-refractivity contribution in [2.75, 3.05) is 7.11 Å². The van der Waals surface area contributed by atoms with Crippen molar-refractivity contribution in [1.82, 2.24) is 0 Å². The molecule has 0 aliphatic heterocycles. The first-order valence-corrected chi connectivity index (χ1v) is 11.1. The molecule has 1 saturated carbocycles. The fourth-order valence-corrected chi connectivity index (χ4v) is 4.86. The maximum Gasteiger partial charge on any atom is 0.144 e. The van der Waals surface area contributed by atoms with E-state index in [1.807, 2.05) is 19.9 Å². The molecular formula is C25H36ClNO4. The molecule has 2 rings (SSSR count). The molecule has 6 heteroatoms. The Kier molecular flexibility index (Phi) is 7.88. The van der Waals surface area contributed by atoms with Crippen molar-refractivity contribution in [3.05, 3.63) is 45.5 Å². The number of phenols is 1. The molecule has 0 amide bonds. The lowest BCUT2D eigenvalue weighted by atomic mass is 9.57. The van der Waals surface area contributed by atoms with E-state index in [4.69, 9.17) is 21.5 Å². The summed E-state index contributed by atoms with van der Waals surface area (Å²) < 4.78 is 5.45. The summed E-state index contributed by atoms with van der Waals surface area (Å²) in [5, 5.41) is 33.9. The third-order valence-electron chi connectivity index (χ3n) is 7.48. The maximum absolute atomic E-state index is 10.8. The zero-order valence-electron chi connectivity index (χ0n) is 19.7. The molecule has 0 saturated heterocycles. The number of benzene rings is 1. The number of allylic oxidation sites excluding steroid dienone is 4. The maximum atomic E-state index is 10.8. The Bertz CT molecular complexity index is 904. The predicted octanol–water partition coefficient (Wildman–Crippen LogP) is 6.04. The van der Waals surface area contributed by atoms with Crippen LogP contribution in [-0.4, -0.2) is 34.3 Å². The molecule has 0 spiro atoms. The van der Waals surface area contributed by atoms with Crippen LogP contribution < -0.4 is 4.74 Å². The van der Waals surface area contributed by atoms with Gasteiger partial charge in [0, 0.05) is 11.1 Å². The molecule has 1 aliphatic rings. The first kappa shape index (κ1) is 25.3. The molecule has 0 aromatic heterocycles. The van der Waals surface area contributed by atoms with Gasteiger partial charge in [-0.2, -0.15) is 0 Å². The third-order valence-corrected chi connectivity index (χ3v) is 7.94. The highest BCUT2D eigenvalue weighted by Crippen LogP contribution is 2.50. The average Bonchev–Trinajstić information content (AvgIpc) is 2.73. The van der Waals surface area contributed by atoms with E-state index in [9.17, 15) is 10.2 Å². The van der Waals surface area contributed by atoms with Crippen LogP contribution in [0.1, 0.15) is 64.2 Å². The van der Waals surface area contributed by atoms with Gasteiger partial charge in [-0.15, -0.1) is 0 Å². The monoisotopic (exact) mass is 449 g/mol. The summed E-state index contributed by atoms with van der Waals surface area (Å²) in [7, 11) is 1.51. The molecule has 1 aromatic rings. The summed E-state index contributed by atoms with van der Waals surface area (Å²) in [6.45, 7) is 12.3. The summed E-state index contributed by atoms with van der Waals surface area (Å²) in [6.07, 6.45) is 9.68. The molecule has 0 unspecified atom stereocenters. The van der Waals surface area contributed by atoms with Crippen molar-refractivity contribution in [2.45, 2.75) is 66.4 Å². The molecular weight excluding hydrogens is 414 g/mol. The number of aromatic hydroxyl groups is 1. The quantitative estimate of drug-likeness (QED) is 0.214. The van der Waals surface area contributed by atoms with Crippen LogP contribution in [-0.2, 0) is 6.42 Å². The average molecular weight is 450 g/mol. The Hall–Kier alpha value is -1.98. The lowest BCUT2D eigenvalue weighted by molar-refractivity contribution is -0.0915. The minimum absolute atomic E-state index is 0.0119. The van der Waals surface area contributed by atoms with Crippen molar-refractivity contribution >= 4 is 17.8 Å². The molecule has 1 aliphatic carbocycles. The molecule has 0 heterocycles. The molecule has 0 radical (unpaired) electrons. The highest BCUT2D eigenvalue weighted by Gasteiger charge is 2.47. The molecule has 3 N–H and O–H groups in total. The summed E-state index contributed by atoms with van der Waals surface area (Å²) in [5.41, 5.74) is 1.72. The van der Waals surface area contributed by atoms with Crippen molar-refractivity contribution in [2.24, 2.45) is 22.4 Å². The van der Waals surface area contributed by atoms with Crippen LogP contribution in [0.4, 0.5) is 0 Å². The van der Waals surface area contributed by atoms with E-state index < -0.39 is 5.60 Å². The summed E-state index contributed by atoms with van der Waals surface area (Å²) in [6, 6.07) is 0. The normalized spacial score (nSPS) is 29.8. The molecule has 31 heavy (non-hydrogen) atoms. The van der Waals surface area contributed by atoms with Crippen LogP contribution in [0.3, 0.4) is 0 Å². The number of rotatable bonds is 6. The molecule has 172 valence electrons. The predicted molar refractivity (Wildman–Crippen MR) is 127 cm³/mol. The summed E-state index contributed by atoms with van der Waals surface area (Å²) in [5.74, 6) is 1.000. The highest BCUT2D eigenvalue weighted by molar-refractivity contribution is 6.33. The first-order valence-electron chi connectivity index (χ1n) is 10.7. The number of phenolic OH excluding ortho intramolecular Hbond substituents is 1. The number of methoxy groups -OCH3 is 1. The minimum atomic E-state index is -0.675. The largest absolute Gasteiger partial charge is 0.507 e. The van der Waals surface area contributed by atoms with E-state index in [0.29, 0.717) is 39.8 Å². The minimum Gasteiger partial charge on any atom is -0.507 e. The molecule has 4 atom stereocenters. The van der Waals surface area contributed by atoms with Crippen LogP contribution in [0.5, 0.6) is 11.5 Å². The van der Waals surface area contributed by atoms with Crippen LogP contribution in [0.15, 0.2) is 29.0 Å². The van der Waals surface area contributed by atoms with Crippen LogP contribution >= 0.6 is 11.6 Å². The summed E-state index contributed by atoms with van der Waals surface area (Å²) in [4.78, 5) is 0. The summed E-state index contributed by atoms with van der Waals surface area (Å²) >= 11 is 6.43. The van der Waals surface area contributed by atoms with Gasteiger partial charge in [-0.3, -0.25) is 0 Å². The van der Waals surface area contributed by atoms with Gasteiger partial charge >= 0.3 is 0 Å². The van der Waals surface area contributed by atoms with Crippen LogP contribution in [0.2, 0.25) is 5.02 Å². The Balaban J connectivity index is 2.36. The van der Waals surface area contributed by atoms with E-state index in [1.165, 1.54) is 13.3 Å². The van der Waals surface area contributed by atoms with E-state index in [2.05, 4.69) is 38.1 Å². The number of oxime groups is 1. The smallest absolute Gasteiger partial charge is 0.144 e. The number of hydrogen-bond donors (Lipinski definition) is 3. The Morgan fingerprint density at radius 1 is 1.32 bits per heavy atom. The van der Waals surface area contributed by atoms with Crippen molar-refractivity contribution in [1.29, 1.82) is 0 Å². The first-order chi connectivity index (χ1) is 14.4. The van der Waals surface area contributed by atoms with Gasteiger partial charge in [-0.25, -0.2) is 0 Å². The lowest BCUT2D eigenvalue weighted by Crippen LogP contribution is -2.49. The van der Waals surface area contributed by atoms with Gasteiger partial charge in [0.05, 0.1) is 23.9 Å². The van der Waals surface area contributed by atoms with Crippen molar-refractivity contribution in [3.63, 3.8) is 0 Å². The molecule has 1 fully saturated rings. The number of ether oxygens (including phenoxy) is 1. The Labute approximate surface area is 191 Å². The van der Waals surface area contributed by atoms with E-state index >= 15 is 0 Å². The van der Waals surface area contributed by atoms with Gasteiger partial charge in [0.25, 0.3) is 0 Å². The van der Waals surface area contributed by atoms with Gasteiger partial charge in [-0.1, -0.05) is 61.3 Å². The van der Waals surface area contributed by atoms with Gasteiger partial charge in [0.1, 0.15) is 11.5 Å². The number of aliphatic hydroxyl groups is 1. The second-order valence-electron chi connectivity index (χ2n) is 9.33. The Morgan fingerprint density at radius 2 is 1.97 bits per heavy atom. The van der Waals surface area contributed by atoms with E-state index in [0.717, 1.165) is 18.4 Å². The molecule has 0 bridgehead atoms. The van der Waals surface area contributed by atoms with E-state index in [-0.39, 0.29) is 17.1 Å². The fourth-order valence-electron chi connectivity index (χ4n) is 4.57. The zero-order chi connectivity index (χ0) is 23.6. The van der Waals surface area contributed by atoms with Gasteiger partial charge in [0.2, 0.25) is 0 Å². The standard InChI is InChI=1S/C25H36ClNO4/c1-15(10-12-24(5)16(2)11-13-25(6,29)18(24)4)8-9-19-22(28)20(14-27-30)17(3)21(26)23(19)31-7/h8,10,12,14,16,18,28-30H,9,11,13H2,1-7H3/b12-10+,15-8+,27-14+/t16-,18-,24+,25+/m1/s1. The number of hydrogen-bond acceptors (Lipinski definition) is 5. The van der Waals surface area contributed by atoms with Gasteiger partial charge < -0.3 is 20.2 Å². The Morgan fingerprint density at radius 3 is 2.55 bits per heavy atom. The molecule has 5 nitrogen and oxygen atoms in total. The molecule has 1 aromatic carbocycles. The SMILES string of the molecule is COc1c(Cl)c(C)c(/C=N/O)c(O)c1C/C=C(C)/C=C/[C@@]1(C)[C@H](C)CC[C@](C)(O)[C@@H]1C. The number of halogens is 1.